The molecule has 0 aromatic rings. The first-order chi connectivity index (χ1) is 6.96. The topological polar surface area (TPSA) is 26.3 Å². The Bertz CT molecular complexity index is 269. The number of ether oxygens (including phenoxy) is 1. The maximum Gasteiger partial charge on any atom is 0.333 e. The van der Waals surface area contributed by atoms with Gasteiger partial charge in [-0.25, -0.2) is 4.79 Å². The van der Waals surface area contributed by atoms with Gasteiger partial charge in [-0.3, -0.25) is 0 Å². The molecular formula is C13H22O2. The van der Waals surface area contributed by atoms with E-state index in [9.17, 15) is 4.79 Å². The van der Waals surface area contributed by atoms with Crippen molar-refractivity contribution in [2.75, 3.05) is 6.61 Å². The summed E-state index contributed by atoms with van der Waals surface area (Å²) in [7, 11) is 0. The largest absolute Gasteiger partial charge is 0.463 e. The van der Waals surface area contributed by atoms with Gasteiger partial charge in [-0.05, 0) is 38.0 Å². The second kappa shape index (κ2) is 4.82. The van der Waals surface area contributed by atoms with Gasteiger partial charge in [0.05, 0.1) is 6.61 Å². The molecule has 0 aromatic carbocycles. The van der Waals surface area contributed by atoms with E-state index < -0.39 is 0 Å². The lowest BCUT2D eigenvalue weighted by molar-refractivity contribution is -0.138. The van der Waals surface area contributed by atoms with Crippen LogP contribution in [-0.4, -0.2) is 12.6 Å². The molecule has 0 aromatic heterocycles. The zero-order chi connectivity index (χ0) is 11.5. The average molecular weight is 210 g/mol. The van der Waals surface area contributed by atoms with Crippen LogP contribution in [-0.2, 0) is 9.53 Å². The third-order valence-corrected chi connectivity index (χ3v) is 2.89. The normalized spacial score (nSPS) is 17.9. The van der Waals surface area contributed by atoms with Gasteiger partial charge in [-0.2, -0.15) is 0 Å². The molecule has 86 valence electrons. The highest BCUT2D eigenvalue weighted by molar-refractivity contribution is 5.89. The number of esters is 1. The molecule has 0 radical (unpaired) electrons. The van der Waals surface area contributed by atoms with Crippen LogP contribution >= 0.6 is 0 Å². The van der Waals surface area contributed by atoms with Crippen LogP contribution in [0.15, 0.2) is 11.1 Å². The fourth-order valence-electron chi connectivity index (χ4n) is 2.18. The average Bonchev–Trinajstić information content (AvgIpc) is 2.17. The predicted molar refractivity (Wildman–Crippen MR) is 61.6 cm³/mol. The quantitative estimate of drug-likeness (QED) is 0.652. The first kappa shape index (κ1) is 12.3. The van der Waals surface area contributed by atoms with E-state index in [-0.39, 0.29) is 11.4 Å². The lowest BCUT2D eigenvalue weighted by atomic mass is 9.76. The number of carbonyl (C=O) groups is 1. The predicted octanol–water partition coefficient (Wildman–Crippen LogP) is 3.47. The molecule has 15 heavy (non-hydrogen) atoms. The van der Waals surface area contributed by atoms with Crippen molar-refractivity contribution in [1.29, 1.82) is 0 Å². The zero-order valence-electron chi connectivity index (χ0n) is 10.4. The molecule has 1 aliphatic carbocycles. The molecule has 0 amide bonds. The molecule has 2 heteroatoms. The SMILES string of the molecule is CCOC(=O)C1=C(C(C)(C)C)CCCC1. The lowest BCUT2D eigenvalue weighted by Gasteiger charge is -2.29. The van der Waals surface area contributed by atoms with Crippen LogP contribution in [0.5, 0.6) is 0 Å². The summed E-state index contributed by atoms with van der Waals surface area (Å²) in [5.41, 5.74) is 2.34. The number of rotatable bonds is 2. The van der Waals surface area contributed by atoms with Gasteiger partial charge in [0.15, 0.2) is 0 Å². The van der Waals surface area contributed by atoms with Crippen LogP contribution in [0, 0.1) is 5.41 Å². The molecule has 0 saturated carbocycles. The second-order valence-electron chi connectivity index (χ2n) is 5.13. The molecule has 1 rings (SSSR count). The summed E-state index contributed by atoms with van der Waals surface area (Å²) in [4.78, 5) is 11.8. The minimum Gasteiger partial charge on any atom is -0.463 e. The van der Waals surface area contributed by atoms with E-state index in [0.29, 0.717) is 6.61 Å². The molecule has 0 fully saturated rings. The highest BCUT2D eigenvalue weighted by Crippen LogP contribution is 2.37. The van der Waals surface area contributed by atoms with E-state index in [1.54, 1.807) is 0 Å². The van der Waals surface area contributed by atoms with Gasteiger partial charge in [0.2, 0.25) is 0 Å². The summed E-state index contributed by atoms with van der Waals surface area (Å²) in [5.74, 6) is -0.0953. The lowest BCUT2D eigenvalue weighted by Crippen LogP contribution is -2.20. The molecule has 0 bridgehead atoms. The van der Waals surface area contributed by atoms with Crippen molar-refractivity contribution in [3.8, 4) is 0 Å². The van der Waals surface area contributed by atoms with Crippen molar-refractivity contribution < 1.29 is 9.53 Å². The Balaban J connectivity index is 2.96. The highest BCUT2D eigenvalue weighted by Gasteiger charge is 2.27. The van der Waals surface area contributed by atoms with Crippen LogP contribution in [0.3, 0.4) is 0 Å². The van der Waals surface area contributed by atoms with Crippen LogP contribution < -0.4 is 0 Å². The van der Waals surface area contributed by atoms with Gasteiger partial charge in [0.1, 0.15) is 0 Å². The van der Waals surface area contributed by atoms with Crippen LogP contribution in [0.1, 0.15) is 53.4 Å². The Morgan fingerprint density at radius 3 is 2.40 bits per heavy atom. The Morgan fingerprint density at radius 1 is 1.27 bits per heavy atom. The molecule has 0 spiro atoms. The molecule has 0 unspecified atom stereocenters. The van der Waals surface area contributed by atoms with Crippen molar-refractivity contribution in [3.63, 3.8) is 0 Å². The Kier molecular flexibility index (Phi) is 3.95. The first-order valence-corrected chi connectivity index (χ1v) is 5.86. The highest BCUT2D eigenvalue weighted by atomic mass is 16.5. The van der Waals surface area contributed by atoms with Gasteiger partial charge in [-0.15, -0.1) is 0 Å². The van der Waals surface area contributed by atoms with Gasteiger partial charge in [0, 0.05) is 5.57 Å². The van der Waals surface area contributed by atoms with Crippen molar-refractivity contribution in [2.24, 2.45) is 5.41 Å². The summed E-state index contributed by atoms with van der Waals surface area (Å²) >= 11 is 0. The second-order valence-corrected chi connectivity index (χ2v) is 5.13. The molecule has 0 aliphatic heterocycles. The Morgan fingerprint density at radius 2 is 1.87 bits per heavy atom. The summed E-state index contributed by atoms with van der Waals surface area (Å²) in [6.07, 6.45) is 4.27. The summed E-state index contributed by atoms with van der Waals surface area (Å²) in [6.45, 7) is 8.85. The van der Waals surface area contributed by atoms with Gasteiger partial charge >= 0.3 is 5.97 Å². The van der Waals surface area contributed by atoms with E-state index in [4.69, 9.17) is 4.74 Å². The van der Waals surface area contributed by atoms with Gasteiger partial charge in [0.25, 0.3) is 0 Å². The Labute approximate surface area is 92.7 Å². The summed E-state index contributed by atoms with van der Waals surface area (Å²) in [6, 6.07) is 0. The maximum atomic E-state index is 11.8. The van der Waals surface area contributed by atoms with E-state index in [1.165, 1.54) is 12.0 Å². The summed E-state index contributed by atoms with van der Waals surface area (Å²) < 4.78 is 5.11. The van der Waals surface area contributed by atoms with Crippen LogP contribution in [0.2, 0.25) is 0 Å². The van der Waals surface area contributed by atoms with Crippen molar-refractivity contribution in [1.82, 2.24) is 0 Å². The number of allylic oxidation sites excluding steroid dienone is 1. The molecule has 0 heterocycles. The molecule has 1 aliphatic rings. The standard InChI is InChI=1S/C13H22O2/c1-5-15-12(14)10-8-6-7-9-11(10)13(2,3)4/h5-9H2,1-4H3. The van der Waals surface area contributed by atoms with Crippen molar-refractivity contribution in [3.05, 3.63) is 11.1 Å². The van der Waals surface area contributed by atoms with E-state index in [2.05, 4.69) is 20.8 Å². The monoisotopic (exact) mass is 210 g/mol. The smallest absolute Gasteiger partial charge is 0.333 e. The number of hydrogen-bond donors (Lipinski definition) is 0. The van der Waals surface area contributed by atoms with E-state index >= 15 is 0 Å². The Hall–Kier alpha value is -0.790. The first-order valence-electron chi connectivity index (χ1n) is 5.86. The van der Waals surface area contributed by atoms with Crippen molar-refractivity contribution in [2.45, 2.75) is 53.4 Å². The zero-order valence-corrected chi connectivity index (χ0v) is 10.4. The number of carbonyl (C=O) groups excluding carboxylic acids is 1. The molecular weight excluding hydrogens is 188 g/mol. The van der Waals surface area contributed by atoms with E-state index in [1.807, 2.05) is 6.92 Å². The van der Waals surface area contributed by atoms with E-state index in [0.717, 1.165) is 24.8 Å². The number of hydrogen-bond acceptors (Lipinski definition) is 2. The fraction of sp³-hybridized carbons (Fsp3) is 0.769. The van der Waals surface area contributed by atoms with Gasteiger partial charge < -0.3 is 4.74 Å². The summed E-state index contributed by atoms with van der Waals surface area (Å²) in [5, 5.41) is 0. The van der Waals surface area contributed by atoms with Crippen LogP contribution in [0.25, 0.3) is 0 Å². The molecule has 0 N–H and O–H groups in total. The third kappa shape index (κ3) is 3.08. The van der Waals surface area contributed by atoms with Crippen LogP contribution in [0.4, 0.5) is 0 Å². The van der Waals surface area contributed by atoms with Gasteiger partial charge in [-0.1, -0.05) is 26.3 Å². The minimum absolute atomic E-state index is 0.0953. The molecule has 2 nitrogen and oxygen atoms in total. The third-order valence-electron chi connectivity index (χ3n) is 2.89. The van der Waals surface area contributed by atoms with Crippen molar-refractivity contribution >= 4 is 5.97 Å². The fourth-order valence-corrected chi connectivity index (χ4v) is 2.18. The molecule has 0 atom stereocenters. The molecule has 0 saturated heterocycles. The minimum atomic E-state index is -0.0953. The maximum absolute atomic E-state index is 11.8.